The van der Waals surface area contributed by atoms with E-state index in [1.165, 1.54) is 18.2 Å². The lowest BCUT2D eigenvalue weighted by atomic mass is 10.2. The number of nitrogen functional groups attached to an aromatic ring is 1. The molecule has 0 atom stereocenters. The van der Waals surface area contributed by atoms with Crippen LogP contribution in [-0.4, -0.2) is 55.5 Å². The molecule has 1 saturated heterocycles. The Labute approximate surface area is 118 Å². The first-order chi connectivity index (χ1) is 9.54. The molecule has 0 radical (unpaired) electrons. The van der Waals surface area contributed by atoms with Crippen LogP contribution in [0.3, 0.4) is 0 Å². The van der Waals surface area contributed by atoms with Crippen molar-refractivity contribution in [3.63, 3.8) is 0 Å². The highest BCUT2D eigenvalue weighted by molar-refractivity contribution is 5.91. The Hall–Kier alpha value is -1.66. The lowest BCUT2D eigenvalue weighted by Gasteiger charge is -2.32. The number of nitrogens with two attached hydrogens (primary N) is 1. The standard InChI is InChI=1S/C14H21FN4O/c1-18-6-8-19(9-7-18)5-4-14(20)17-13-10-11(16)2-3-12(13)15/h2-3,10H,4-9,16H2,1H3,(H,17,20). The summed E-state index contributed by atoms with van der Waals surface area (Å²) in [5, 5.41) is 2.57. The number of hydrogen-bond donors (Lipinski definition) is 2. The molecule has 1 aromatic carbocycles. The Morgan fingerprint density at radius 2 is 2.05 bits per heavy atom. The third-order valence-corrected chi connectivity index (χ3v) is 3.52. The second-order valence-electron chi connectivity index (χ2n) is 5.18. The predicted molar refractivity (Wildman–Crippen MR) is 78.0 cm³/mol. The fourth-order valence-electron chi connectivity index (χ4n) is 2.18. The molecule has 1 aliphatic rings. The smallest absolute Gasteiger partial charge is 0.225 e. The van der Waals surface area contributed by atoms with Crippen LogP contribution in [-0.2, 0) is 4.79 Å². The highest BCUT2D eigenvalue weighted by atomic mass is 19.1. The van der Waals surface area contributed by atoms with Gasteiger partial charge < -0.3 is 20.9 Å². The van der Waals surface area contributed by atoms with Gasteiger partial charge in [0.25, 0.3) is 0 Å². The number of nitrogens with one attached hydrogen (secondary N) is 1. The molecule has 2 rings (SSSR count). The van der Waals surface area contributed by atoms with Crippen LogP contribution in [0, 0.1) is 5.82 Å². The van der Waals surface area contributed by atoms with Crippen molar-refractivity contribution in [1.29, 1.82) is 0 Å². The SMILES string of the molecule is CN1CCN(CCC(=O)Nc2cc(N)ccc2F)CC1. The van der Waals surface area contributed by atoms with Crippen LogP contribution < -0.4 is 11.1 Å². The van der Waals surface area contributed by atoms with E-state index in [-0.39, 0.29) is 11.6 Å². The number of piperazine rings is 1. The minimum atomic E-state index is -0.466. The largest absolute Gasteiger partial charge is 0.399 e. The molecule has 1 heterocycles. The van der Waals surface area contributed by atoms with Gasteiger partial charge in [0.15, 0.2) is 0 Å². The molecule has 20 heavy (non-hydrogen) atoms. The van der Waals surface area contributed by atoms with Gasteiger partial charge in [0, 0.05) is 44.8 Å². The van der Waals surface area contributed by atoms with E-state index < -0.39 is 5.82 Å². The number of likely N-dealkylation sites (N-methyl/N-ethyl adjacent to an activating group) is 1. The van der Waals surface area contributed by atoms with E-state index in [0.29, 0.717) is 18.7 Å². The van der Waals surface area contributed by atoms with E-state index in [1.54, 1.807) is 0 Å². The van der Waals surface area contributed by atoms with Gasteiger partial charge in [-0.2, -0.15) is 0 Å². The van der Waals surface area contributed by atoms with Gasteiger partial charge in [-0.05, 0) is 25.2 Å². The van der Waals surface area contributed by atoms with Crippen LogP contribution in [0.2, 0.25) is 0 Å². The van der Waals surface area contributed by atoms with Crippen molar-refractivity contribution >= 4 is 17.3 Å². The number of amides is 1. The molecular formula is C14H21FN4O. The third-order valence-electron chi connectivity index (χ3n) is 3.52. The van der Waals surface area contributed by atoms with Crippen molar-refractivity contribution < 1.29 is 9.18 Å². The van der Waals surface area contributed by atoms with E-state index in [1.807, 2.05) is 0 Å². The number of hydrogen-bond acceptors (Lipinski definition) is 4. The average Bonchev–Trinajstić information content (AvgIpc) is 2.42. The molecule has 0 saturated carbocycles. The summed E-state index contributed by atoms with van der Waals surface area (Å²) in [6, 6.07) is 4.16. The molecule has 0 aliphatic carbocycles. The lowest BCUT2D eigenvalue weighted by Crippen LogP contribution is -2.45. The number of anilines is 2. The van der Waals surface area contributed by atoms with Gasteiger partial charge in [-0.3, -0.25) is 4.79 Å². The normalized spacial score (nSPS) is 17.1. The third kappa shape index (κ3) is 4.18. The molecule has 110 valence electrons. The Morgan fingerprint density at radius 1 is 1.35 bits per heavy atom. The maximum atomic E-state index is 13.5. The predicted octanol–water partition coefficient (Wildman–Crippen LogP) is 0.984. The first-order valence-corrected chi connectivity index (χ1v) is 6.80. The Bertz CT molecular complexity index is 472. The van der Waals surface area contributed by atoms with E-state index in [0.717, 1.165) is 26.2 Å². The molecule has 1 aromatic rings. The summed E-state index contributed by atoms with van der Waals surface area (Å²) in [6.45, 7) is 4.67. The van der Waals surface area contributed by atoms with Crippen LogP contribution in [0.25, 0.3) is 0 Å². The first kappa shape index (κ1) is 14.7. The monoisotopic (exact) mass is 280 g/mol. The van der Waals surface area contributed by atoms with Crippen molar-refractivity contribution in [3.8, 4) is 0 Å². The molecule has 0 aromatic heterocycles. The lowest BCUT2D eigenvalue weighted by molar-refractivity contribution is -0.116. The van der Waals surface area contributed by atoms with E-state index in [9.17, 15) is 9.18 Å². The summed E-state index contributed by atoms with van der Waals surface area (Å²) in [7, 11) is 2.09. The fraction of sp³-hybridized carbons (Fsp3) is 0.500. The maximum absolute atomic E-state index is 13.5. The Balaban J connectivity index is 1.79. The molecular weight excluding hydrogens is 259 g/mol. The van der Waals surface area contributed by atoms with E-state index in [4.69, 9.17) is 5.73 Å². The van der Waals surface area contributed by atoms with Gasteiger partial charge >= 0.3 is 0 Å². The van der Waals surface area contributed by atoms with Gasteiger partial charge in [-0.15, -0.1) is 0 Å². The topological polar surface area (TPSA) is 61.6 Å². The second kappa shape index (κ2) is 6.67. The van der Waals surface area contributed by atoms with Crippen molar-refractivity contribution in [3.05, 3.63) is 24.0 Å². The first-order valence-electron chi connectivity index (χ1n) is 6.80. The quantitative estimate of drug-likeness (QED) is 0.807. The number of benzene rings is 1. The minimum absolute atomic E-state index is 0.147. The van der Waals surface area contributed by atoms with Gasteiger partial charge in [0.2, 0.25) is 5.91 Å². The Morgan fingerprint density at radius 3 is 2.75 bits per heavy atom. The summed E-state index contributed by atoms with van der Waals surface area (Å²) >= 11 is 0. The van der Waals surface area contributed by atoms with Crippen molar-refractivity contribution in [2.75, 3.05) is 50.8 Å². The summed E-state index contributed by atoms with van der Waals surface area (Å²) in [5.74, 6) is -0.652. The zero-order valence-electron chi connectivity index (χ0n) is 11.7. The highest BCUT2D eigenvalue weighted by Gasteiger charge is 2.15. The van der Waals surface area contributed by atoms with Gasteiger partial charge in [-0.1, -0.05) is 0 Å². The van der Waals surface area contributed by atoms with Crippen molar-refractivity contribution in [1.82, 2.24) is 9.80 Å². The maximum Gasteiger partial charge on any atom is 0.225 e. The van der Waals surface area contributed by atoms with Crippen LogP contribution in [0.4, 0.5) is 15.8 Å². The number of carbonyl (C=O) groups excluding carboxylic acids is 1. The van der Waals surface area contributed by atoms with Gasteiger partial charge in [0.05, 0.1) is 5.69 Å². The molecule has 0 spiro atoms. The summed E-state index contributed by atoms with van der Waals surface area (Å²) in [6.07, 6.45) is 0.359. The van der Waals surface area contributed by atoms with E-state index >= 15 is 0 Å². The molecule has 1 fully saturated rings. The molecule has 0 unspecified atom stereocenters. The minimum Gasteiger partial charge on any atom is -0.399 e. The van der Waals surface area contributed by atoms with Crippen LogP contribution in [0.5, 0.6) is 0 Å². The highest BCUT2D eigenvalue weighted by Crippen LogP contribution is 2.17. The molecule has 5 nitrogen and oxygen atoms in total. The Kier molecular flexibility index (Phi) is 4.92. The summed E-state index contributed by atoms with van der Waals surface area (Å²) in [5.41, 5.74) is 6.15. The molecule has 0 bridgehead atoms. The number of halogens is 1. The van der Waals surface area contributed by atoms with Crippen molar-refractivity contribution in [2.45, 2.75) is 6.42 Å². The van der Waals surface area contributed by atoms with Gasteiger partial charge in [-0.25, -0.2) is 4.39 Å². The average molecular weight is 280 g/mol. The number of nitrogens with zero attached hydrogens (tertiary/aromatic N) is 2. The number of rotatable bonds is 4. The summed E-state index contributed by atoms with van der Waals surface area (Å²) < 4.78 is 13.5. The molecule has 3 N–H and O–H groups in total. The fourth-order valence-corrected chi connectivity index (χ4v) is 2.18. The van der Waals surface area contributed by atoms with Crippen LogP contribution in [0.1, 0.15) is 6.42 Å². The number of carbonyl (C=O) groups is 1. The van der Waals surface area contributed by atoms with Crippen LogP contribution >= 0.6 is 0 Å². The van der Waals surface area contributed by atoms with Gasteiger partial charge in [0.1, 0.15) is 5.82 Å². The second-order valence-corrected chi connectivity index (χ2v) is 5.18. The van der Waals surface area contributed by atoms with Crippen LogP contribution in [0.15, 0.2) is 18.2 Å². The molecule has 1 amide bonds. The van der Waals surface area contributed by atoms with E-state index in [2.05, 4.69) is 22.2 Å². The molecule has 1 aliphatic heterocycles. The molecule has 6 heteroatoms. The van der Waals surface area contributed by atoms with Crippen molar-refractivity contribution in [2.24, 2.45) is 0 Å². The summed E-state index contributed by atoms with van der Waals surface area (Å²) in [4.78, 5) is 16.3. The zero-order chi connectivity index (χ0) is 14.5. The zero-order valence-corrected chi connectivity index (χ0v) is 11.7.